The van der Waals surface area contributed by atoms with Gasteiger partial charge in [0.25, 0.3) is 5.91 Å². The summed E-state index contributed by atoms with van der Waals surface area (Å²) < 4.78 is 10.8. The van der Waals surface area contributed by atoms with Crippen molar-refractivity contribution in [2.45, 2.75) is 32.2 Å². The van der Waals surface area contributed by atoms with E-state index in [1.54, 1.807) is 24.3 Å². The molecule has 1 aliphatic heterocycles. The first-order valence-electron chi connectivity index (χ1n) is 11.6. The Morgan fingerprint density at radius 1 is 0.941 bits per heavy atom. The number of carbonyl (C=O) groups is 4. The number of esters is 1. The average molecular weight is 463 g/mol. The number of amides is 3. The molecular weight excluding hydrogens is 436 g/mol. The third-order valence-electron chi connectivity index (χ3n) is 7.15. The Morgan fingerprint density at radius 2 is 1.53 bits per heavy atom. The van der Waals surface area contributed by atoms with E-state index in [1.807, 2.05) is 30.3 Å². The van der Waals surface area contributed by atoms with Crippen LogP contribution in [0.5, 0.6) is 11.5 Å². The van der Waals surface area contributed by atoms with Gasteiger partial charge < -0.3 is 14.8 Å². The molecule has 5 atom stereocenters. The summed E-state index contributed by atoms with van der Waals surface area (Å²) in [6.45, 7) is 0.963. The van der Waals surface area contributed by atoms with Crippen LogP contribution < -0.4 is 10.1 Å². The van der Waals surface area contributed by atoms with E-state index in [4.69, 9.17) is 9.47 Å². The minimum atomic E-state index is -1.05. The summed E-state index contributed by atoms with van der Waals surface area (Å²) in [6.07, 6.45) is 2.87. The number of nitrogens with one attached hydrogen (secondary N) is 1. The summed E-state index contributed by atoms with van der Waals surface area (Å²) in [5, 5.41) is 2.65. The van der Waals surface area contributed by atoms with Gasteiger partial charge in [0.15, 0.2) is 6.61 Å². The van der Waals surface area contributed by atoms with E-state index in [1.165, 1.54) is 6.92 Å². The van der Waals surface area contributed by atoms with Gasteiger partial charge in [-0.1, -0.05) is 18.2 Å². The molecule has 2 aliphatic carbocycles. The first-order chi connectivity index (χ1) is 16.4. The standard InChI is InChI=1S/C26H26N2O6/c1-15(28-24(30)22-16-7-8-17(13-16)23(22)25(28)31)26(32)33-14-21(29)27-18-9-11-20(12-10-18)34-19-5-3-2-4-6-19/h2-6,9-12,15-17,22-23H,7-8,13-14H2,1H3,(H,27,29)/t15-,16-,17-,22-,23+/m0/s1. The Balaban J connectivity index is 1.12. The van der Waals surface area contributed by atoms with Gasteiger partial charge in [0.1, 0.15) is 17.5 Å². The largest absolute Gasteiger partial charge is 0.457 e. The normalized spacial score (nSPS) is 25.7. The van der Waals surface area contributed by atoms with Gasteiger partial charge in [-0.3, -0.25) is 19.3 Å². The Labute approximate surface area is 197 Å². The van der Waals surface area contributed by atoms with Crippen molar-refractivity contribution in [1.82, 2.24) is 4.90 Å². The summed E-state index contributed by atoms with van der Waals surface area (Å²) in [5.74, 6) is -0.610. The van der Waals surface area contributed by atoms with Crippen LogP contribution in [-0.2, 0) is 23.9 Å². The minimum Gasteiger partial charge on any atom is -0.457 e. The van der Waals surface area contributed by atoms with Crippen LogP contribution in [0, 0.1) is 23.7 Å². The van der Waals surface area contributed by atoms with Gasteiger partial charge in [0.05, 0.1) is 11.8 Å². The smallest absolute Gasteiger partial charge is 0.329 e. The Bertz CT molecular complexity index is 1090. The highest BCUT2D eigenvalue weighted by molar-refractivity contribution is 6.08. The van der Waals surface area contributed by atoms with Crippen LogP contribution in [0.3, 0.4) is 0 Å². The number of nitrogens with zero attached hydrogens (tertiary/aromatic N) is 1. The number of para-hydroxylation sites is 1. The van der Waals surface area contributed by atoms with Crippen molar-refractivity contribution >= 4 is 29.4 Å². The molecule has 176 valence electrons. The number of likely N-dealkylation sites (tertiary alicyclic amines) is 1. The lowest BCUT2D eigenvalue weighted by Crippen LogP contribution is -2.45. The van der Waals surface area contributed by atoms with Gasteiger partial charge >= 0.3 is 5.97 Å². The van der Waals surface area contributed by atoms with Gasteiger partial charge in [-0.05, 0) is 74.4 Å². The van der Waals surface area contributed by atoms with Crippen molar-refractivity contribution in [1.29, 1.82) is 0 Å². The lowest BCUT2D eigenvalue weighted by atomic mass is 9.81. The average Bonchev–Trinajstić information content (AvgIpc) is 3.52. The third kappa shape index (κ3) is 4.04. The molecule has 2 aromatic rings. The molecule has 0 unspecified atom stereocenters. The van der Waals surface area contributed by atoms with Crippen LogP contribution in [0.15, 0.2) is 54.6 Å². The predicted octanol–water partition coefficient (Wildman–Crippen LogP) is 3.38. The fourth-order valence-electron chi connectivity index (χ4n) is 5.60. The highest BCUT2D eigenvalue weighted by atomic mass is 16.5. The van der Waals surface area contributed by atoms with Crippen LogP contribution >= 0.6 is 0 Å². The molecule has 8 heteroatoms. The molecule has 1 heterocycles. The number of fused-ring (bicyclic) bond motifs is 5. The number of anilines is 1. The molecule has 2 aromatic carbocycles. The Hall–Kier alpha value is -3.68. The zero-order valence-electron chi connectivity index (χ0n) is 18.8. The van der Waals surface area contributed by atoms with E-state index in [2.05, 4.69) is 5.32 Å². The van der Waals surface area contributed by atoms with Gasteiger partial charge in [-0.2, -0.15) is 0 Å². The fourth-order valence-corrected chi connectivity index (χ4v) is 5.60. The van der Waals surface area contributed by atoms with Crippen molar-refractivity contribution in [3.63, 3.8) is 0 Å². The van der Waals surface area contributed by atoms with Crippen molar-refractivity contribution in [2.24, 2.45) is 23.7 Å². The molecule has 3 fully saturated rings. The second-order valence-electron chi connectivity index (χ2n) is 9.20. The van der Waals surface area contributed by atoms with Gasteiger partial charge in [-0.25, -0.2) is 4.79 Å². The number of carbonyl (C=O) groups excluding carboxylic acids is 4. The molecular formula is C26H26N2O6. The lowest BCUT2D eigenvalue weighted by Gasteiger charge is -2.23. The topological polar surface area (TPSA) is 102 Å². The molecule has 1 N–H and O–H groups in total. The van der Waals surface area contributed by atoms with Crippen LogP contribution in [0.25, 0.3) is 0 Å². The minimum absolute atomic E-state index is 0.245. The molecule has 0 aromatic heterocycles. The van der Waals surface area contributed by atoms with Crippen molar-refractivity contribution in [3.8, 4) is 11.5 Å². The quantitative estimate of drug-likeness (QED) is 0.500. The van der Waals surface area contributed by atoms with Crippen LogP contribution in [0.1, 0.15) is 26.2 Å². The third-order valence-corrected chi connectivity index (χ3v) is 7.15. The second kappa shape index (κ2) is 8.93. The van der Waals surface area contributed by atoms with E-state index in [9.17, 15) is 19.2 Å². The molecule has 8 nitrogen and oxygen atoms in total. The van der Waals surface area contributed by atoms with Crippen LogP contribution in [0.2, 0.25) is 0 Å². The molecule has 0 radical (unpaired) electrons. The monoisotopic (exact) mass is 462 g/mol. The lowest BCUT2D eigenvalue weighted by molar-refractivity contribution is -0.159. The van der Waals surface area contributed by atoms with Crippen molar-refractivity contribution < 1.29 is 28.7 Å². The molecule has 5 rings (SSSR count). The SMILES string of the molecule is C[C@@H](C(=O)OCC(=O)Nc1ccc(Oc2ccccc2)cc1)N1C(=O)[C@@H]2[C@H]3CC[C@@H](C3)[C@@H]2C1=O. The van der Waals surface area contributed by atoms with E-state index in [0.717, 1.165) is 24.2 Å². The second-order valence-corrected chi connectivity index (χ2v) is 9.20. The van der Waals surface area contributed by atoms with Crippen LogP contribution in [0.4, 0.5) is 5.69 Å². The fraction of sp³-hybridized carbons (Fsp3) is 0.385. The van der Waals surface area contributed by atoms with Crippen LogP contribution in [-0.4, -0.2) is 41.2 Å². The molecule has 2 saturated carbocycles. The van der Waals surface area contributed by atoms with Crippen molar-refractivity contribution in [3.05, 3.63) is 54.6 Å². The number of benzene rings is 2. The van der Waals surface area contributed by atoms with E-state index in [-0.39, 0.29) is 35.5 Å². The van der Waals surface area contributed by atoms with E-state index < -0.39 is 24.5 Å². The highest BCUT2D eigenvalue weighted by Crippen LogP contribution is 2.56. The molecule has 0 spiro atoms. The number of hydrogen-bond donors (Lipinski definition) is 1. The van der Waals surface area contributed by atoms with Crippen molar-refractivity contribution in [2.75, 3.05) is 11.9 Å². The number of rotatable bonds is 7. The van der Waals surface area contributed by atoms with Gasteiger partial charge in [0.2, 0.25) is 11.8 Å². The van der Waals surface area contributed by atoms with Gasteiger partial charge in [-0.15, -0.1) is 0 Å². The molecule has 3 amide bonds. The summed E-state index contributed by atoms with van der Waals surface area (Å²) in [4.78, 5) is 51.6. The summed E-state index contributed by atoms with van der Waals surface area (Å²) in [7, 11) is 0. The van der Waals surface area contributed by atoms with E-state index >= 15 is 0 Å². The highest BCUT2D eigenvalue weighted by Gasteiger charge is 2.62. The predicted molar refractivity (Wildman–Crippen MR) is 122 cm³/mol. The zero-order valence-corrected chi connectivity index (χ0v) is 18.8. The number of hydrogen-bond acceptors (Lipinski definition) is 6. The Morgan fingerprint density at radius 3 is 2.15 bits per heavy atom. The molecule has 34 heavy (non-hydrogen) atoms. The first-order valence-corrected chi connectivity index (χ1v) is 11.6. The maximum atomic E-state index is 12.9. The molecule has 3 aliphatic rings. The summed E-state index contributed by atoms with van der Waals surface area (Å²) in [6, 6.07) is 15.0. The van der Waals surface area contributed by atoms with Gasteiger partial charge in [0, 0.05) is 5.69 Å². The molecule has 1 saturated heterocycles. The summed E-state index contributed by atoms with van der Waals surface area (Å²) >= 11 is 0. The number of imide groups is 1. The zero-order chi connectivity index (χ0) is 23.8. The summed E-state index contributed by atoms with van der Waals surface area (Å²) in [5.41, 5.74) is 0.516. The first kappa shape index (κ1) is 22.1. The Kier molecular flexibility index (Phi) is 5.81. The maximum Gasteiger partial charge on any atom is 0.329 e. The maximum absolute atomic E-state index is 12.9. The number of ether oxygens (including phenoxy) is 2. The molecule has 2 bridgehead atoms. The van der Waals surface area contributed by atoms with E-state index in [0.29, 0.717) is 17.2 Å².